The Morgan fingerprint density at radius 2 is 2.12 bits per heavy atom. The Morgan fingerprint density at radius 3 is 2.75 bits per heavy atom. The third-order valence-electron chi connectivity index (χ3n) is 2.75. The molecule has 16 heavy (non-hydrogen) atoms. The van der Waals surface area contributed by atoms with E-state index < -0.39 is 0 Å². The zero-order valence-electron chi connectivity index (χ0n) is 9.24. The molecule has 4 heteroatoms. The second-order valence-electron chi connectivity index (χ2n) is 4.11. The third kappa shape index (κ3) is 2.74. The second kappa shape index (κ2) is 5.14. The van der Waals surface area contributed by atoms with Crippen LogP contribution in [0.4, 0.5) is 0 Å². The highest BCUT2D eigenvalue weighted by Gasteiger charge is 2.21. The Labute approximate surface area is 109 Å². The summed E-state index contributed by atoms with van der Waals surface area (Å²) in [6.07, 6.45) is 0. The number of nitrogens with zero attached hydrogens (tertiary/aromatic N) is 1. The number of benzene rings is 1. The molecular formula is C12H15IN2O. The standard InChI is InChI=1S/C12H15IN2O/c1-9-8-15(7-6-14-9)12(16)10-2-4-11(13)5-3-10/h2-5,9,14H,6-8H2,1H3/t9-/m0/s1. The van der Waals surface area contributed by atoms with Gasteiger partial charge in [0.25, 0.3) is 5.91 Å². The van der Waals surface area contributed by atoms with Crippen molar-refractivity contribution in [3.8, 4) is 0 Å². The maximum Gasteiger partial charge on any atom is 0.253 e. The van der Waals surface area contributed by atoms with Crippen LogP contribution in [0.2, 0.25) is 0 Å². The number of amides is 1. The fourth-order valence-electron chi connectivity index (χ4n) is 1.89. The Hall–Kier alpha value is -0.620. The summed E-state index contributed by atoms with van der Waals surface area (Å²) in [4.78, 5) is 14.1. The predicted octanol–water partition coefficient (Wildman–Crippen LogP) is 1.73. The minimum atomic E-state index is 0.143. The van der Waals surface area contributed by atoms with E-state index in [-0.39, 0.29) is 5.91 Å². The van der Waals surface area contributed by atoms with Crippen molar-refractivity contribution in [3.63, 3.8) is 0 Å². The van der Waals surface area contributed by atoms with Crippen LogP contribution in [0.15, 0.2) is 24.3 Å². The fraction of sp³-hybridized carbons (Fsp3) is 0.417. The zero-order valence-corrected chi connectivity index (χ0v) is 11.4. The van der Waals surface area contributed by atoms with E-state index in [0.717, 1.165) is 28.8 Å². The van der Waals surface area contributed by atoms with Gasteiger partial charge in [-0.2, -0.15) is 0 Å². The lowest BCUT2D eigenvalue weighted by atomic mass is 10.1. The van der Waals surface area contributed by atoms with Crippen LogP contribution in [0.3, 0.4) is 0 Å². The van der Waals surface area contributed by atoms with Gasteiger partial charge in [-0.3, -0.25) is 4.79 Å². The summed E-state index contributed by atoms with van der Waals surface area (Å²) in [5, 5.41) is 3.33. The van der Waals surface area contributed by atoms with Gasteiger partial charge < -0.3 is 10.2 Å². The van der Waals surface area contributed by atoms with E-state index in [0.29, 0.717) is 6.04 Å². The monoisotopic (exact) mass is 330 g/mol. The Morgan fingerprint density at radius 1 is 1.44 bits per heavy atom. The molecule has 1 aliphatic heterocycles. The average molecular weight is 330 g/mol. The molecule has 1 aromatic rings. The summed E-state index contributed by atoms with van der Waals surface area (Å²) >= 11 is 2.24. The summed E-state index contributed by atoms with van der Waals surface area (Å²) in [6.45, 7) is 4.59. The van der Waals surface area contributed by atoms with Crippen LogP contribution in [-0.4, -0.2) is 36.5 Å². The maximum absolute atomic E-state index is 12.2. The van der Waals surface area contributed by atoms with Crippen LogP contribution in [0, 0.1) is 3.57 Å². The molecule has 0 aliphatic carbocycles. The number of hydrogen-bond donors (Lipinski definition) is 1. The number of carbonyl (C=O) groups is 1. The van der Waals surface area contributed by atoms with Gasteiger partial charge in [-0.15, -0.1) is 0 Å². The van der Waals surface area contributed by atoms with Crippen molar-refractivity contribution < 1.29 is 4.79 Å². The van der Waals surface area contributed by atoms with Crippen LogP contribution in [0.25, 0.3) is 0 Å². The zero-order chi connectivity index (χ0) is 11.5. The first-order valence-corrected chi connectivity index (χ1v) is 6.53. The Bertz CT molecular complexity index is 377. The normalized spacial score (nSPS) is 20.9. The molecule has 0 spiro atoms. The fourth-order valence-corrected chi connectivity index (χ4v) is 2.25. The van der Waals surface area contributed by atoms with Gasteiger partial charge in [-0.05, 0) is 53.8 Å². The van der Waals surface area contributed by atoms with E-state index in [4.69, 9.17) is 0 Å². The molecule has 0 radical (unpaired) electrons. The van der Waals surface area contributed by atoms with Gasteiger partial charge in [0.05, 0.1) is 0 Å². The molecule has 1 fully saturated rings. The molecule has 1 aliphatic rings. The van der Waals surface area contributed by atoms with Crippen molar-refractivity contribution in [2.24, 2.45) is 0 Å². The molecule has 1 saturated heterocycles. The number of halogens is 1. The second-order valence-corrected chi connectivity index (χ2v) is 5.36. The van der Waals surface area contributed by atoms with Gasteiger partial charge in [0, 0.05) is 34.8 Å². The molecule has 1 amide bonds. The summed E-state index contributed by atoms with van der Waals surface area (Å²) in [7, 11) is 0. The van der Waals surface area contributed by atoms with Crippen LogP contribution in [0.1, 0.15) is 17.3 Å². The number of carbonyl (C=O) groups excluding carboxylic acids is 1. The smallest absolute Gasteiger partial charge is 0.253 e. The Kier molecular flexibility index (Phi) is 3.81. The minimum absolute atomic E-state index is 0.143. The topological polar surface area (TPSA) is 32.3 Å². The van der Waals surface area contributed by atoms with Crippen molar-refractivity contribution in [3.05, 3.63) is 33.4 Å². The van der Waals surface area contributed by atoms with E-state index in [1.165, 1.54) is 0 Å². The maximum atomic E-state index is 12.2. The first kappa shape index (κ1) is 11.9. The molecule has 86 valence electrons. The number of hydrogen-bond acceptors (Lipinski definition) is 2. The molecule has 1 atom stereocenters. The summed E-state index contributed by atoms with van der Waals surface area (Å²) in [5.41, 5.74) is 0.787. The lowest BCUT2D eigenvalue weighted by Crippen LogP contribution is -2.51. The lowest BCUT2D eigenvalue weighted by molar-refractivity contribution is 0.0709. The van der Waals surface area contributed by atoms with Crippen LogP contribution in [-0.2, 0) is 0 Å². The highest BCUT2D eigenvalue weighted by atomic mass is 127. The largest absolute Gasteiger partial charge is 0.336 e. The van der Waals surface area contributed by atoms with E-state index in [9.17, 15) is 4.79 Å². The molecular weight excluding hydrogens is 315 g/mol. The summed E-state index contributed by atoms with van der Waals surface area (Å²) in [6, 6.07) is 8.13. The van der Waals surface area contributed by atoms with E-state index in [2.05, 4.69) is 34.8 Å². The molecule has 3 nitrogen and oxygen atoms in total. The van der Waals surface area contributed by atoms with Gasteiger partial charge in [0.2, 0.25) is 0 Å². The molecule has 0 aromatic heterocycles. The van der Waals surface area contributed by atoms with Crippen LogP contribution < -0.4 is 5.32 Å². The first-order valence-electron chi connectivity index (χ1n) is 5.45. The lowest BCUT2D eigenvalue weighted by Gasteiger charge is -2.31. The minimum Gasteiger partial charge on any atom is -0.336 e. The van der Waals surface area contributed by atoms with Crippen LogP contribution >= 0.6 is 22.6 Å². The van der Waals surface area contributed by atoms with Gasteiger partial charge in [-0.1, -0.05) is 0 Å². The number of rotatable bonds is 1. The van der Waals surface area contributed by atoms with E-state index in [1.54, 1.807) is 0 Å². The van der Waals surface area contributed by atoms with Crippen molar-refractivity contribution >= 4 is 28.5 Å². The van der Waals surface area contributed by atoms with Crippen molar-refractivity contribution in [1.82, 2.24) is 10.2 Å². The highest BCUT2D eigenvalue weighted by molar-refractivity contribution is 14.1. The summed E-state index contributed by atoms with van der Waals surface area (Å²) in [5.74, 6) is 0.143. The van der Waals surface area contributed by atoms with E-state index >= 15 is 0 Å². The molecule has 1 N–H and O–H groups in total. The van der Waals surface area contributed by atoms with Gasteiger partial charge >= 0.3 is 0 Å². The molecule has 1 aromatic carbocycles. The quantitative estimate of drug-likeness (QED) is 0.796. The van der Waals surface area contributed by atoms with Crippen molar-refractivity contribution in [1.29, 1.82) is 0 Å². The van der Waals surface area contributed by atoms with Gasteiger partial charge in [-0.25, -0.2) is 0 Å². The number of piperazine rings is 1. The summed E-state index contributed by atoms with van der Waals surface area (Å²) < 4.78 is 1.16. The van der Waals surface area contributed by atoms with Crippen LogP contribution in [0.5, 0.6) is 0 Å². The highest BCUT2D eigenvalue weighted by Crippen LogP contribution is 2.10. The third-order valence-corrected chi connectivity index (χ3v) is 3.47. The van der Waals surface area contributed by atoms with Crippen molar-refractivity contribution in [2.75, 3.05) is 19.6 Å². The van der Waals surface area contributed by atoms with Crippen molar-refractivity contribution in [2.45, 2.75) is 13.0 Å². The SMILES string of the molecule is C[C@H]1CN(C(=O)c2ccc(I)cc2)CCN1. The predicted molar refractivity (Wildman–Crippen MR) is 72.5 cm³/mol. The first-order chi connectivity index (χ1) is 7.66. The number of nitrogens with one attached hydrogen (secondary N) is 1. The molecule has 2 rings (SSSR count). The van der Waals surface area contributed by atoms with Gasteiger partial charge in [0.1, 0.15) is 0 Å². The van der Waals surface area contributed by atoms with E-state index in [1.807, 2.05) is 29.2 Å². The molecule has 0 saturated carbocycles. The van der Waals surface area contributed by atoms with Gasteiger partial charge in [0.15, 0.2) is 0 Å². The molecule has 0 unspecified atom stereocenters. The molecule has 1 heterocycles. The Balaban J connectivity index is 2.09. The average Bonchev–Trinajstić information content (AvgIpc) is 2.29. The molecule has 0 bridgehead atoms.